The fraction of sp³-hybridized carbons (Fsp3) is 0.385. The lowest BCUT2D eigenvalue weighted by molar-refractivity contribution is -0.142. The van der Waals surface area contributed by atoms with E-state index in [4.69, 9.17) is 5.11 Å². The highest BCUT2D eigenvalue weighted by molar-refractivity contribution is 5.99. The molecule has 1 amide bonds. The molecule has 2 rings (SSSR count). The van der Waals surface area contributed by atoms with Gasteiger partial charge in [0.15, 0.2) is 0 Å². The van der Waals surface area contributed by atoms with E-state index in [1.165, 1.54) is 11.0 Å². The number of carbonyl (C=O) groups is 2. The summed E-state index contributed by atoms with van der Waals surface area (Å²) in [6.07, 6.45) is 0. The summed E-state index contributed by atoms with van der Waals surface area (Å²) in [4.78, 5) is 24.8. The van der Waals surface area contributed by atoms with Gasteiger partial charge in [-0.25, -0.2) is 4.79 Å². The number of hydrogen-bond acceptors (Lipinski definition) is 4. The van der Waals surface area contributed by atoms with Crippen LogP contribution in [0.1, 0.15) is 15.9 Å². The number of phenols is 1. The molecule has 0 radical (unpaired) electrons. The van der Waals surface area contributed by atoms with Crippen LogP contribution in [0.3, 0.4) is 0 Å². The van der Waals surface area contributed by atoms with Crippen LogP contribution >= 0.6 is 0 Å². The zero-order chi connectivity index (χ0) is 14.0. The first-order valence-electron chi connectivity index (χ1n) is 6.05. The first-order valence-corrected chi connectivity index (χ1v) is 6.05. The zero-order valence-corrected chi connectivity index (χ0v) is 10.6. The summed E-state index contributed by atoms with van der Waals surface area (Å²) in [5.41, 5.74) is 0.737. The van der Waals surface area contributed by atoms with Crippen LogP contribution in [0.2, 0.25) is 0 Å². The minimum absolute atomic E-state index is 0.0878. The number of amides is 1. The number of carbonyl (C=O) groups excluding carboxylic acids is 1. The van der Waals surface area contributed by atoms with Crippen molar-refractivity contribution in [1.82, 2.24) is 10.2 Å². The highest BCUT2D eigenvalue weighted by atomic mass is 16.4. The highest BCUT2D eigenvalue weighted by Gasteiger charge is 2.33. The van der Waals surface area contributed by atoms with E-state index in [0.29, 0.717) is 18.7 Å². The Morgan fingerprint density at radius 2 is 2.16 bits per heavy atom. The number of carboxylic acid groups (broad SMARTS) is 1. The second-order valence-electron chi connectivity index (χ2n) is 4.53. The minimum Gasteiger partial charge on any atom is -0.507 e. The number of carboxylic acids is 1. The van der Waals surface area contributed by atoms with Gasteiger partial charge < -0.3 is 20.4 Å². The van der Waals surface area contributed by atoms with Crippen molar-refractivity contribution in [2.24, 2.45) is 0 Å². The lowest BCUT2D eigenvalue weighted by atomic mass is 10.1. The number of benzene rings is 1. The van der Waals surface area contributed by atoms with Crippen LogP contribution in [-0.2, 0) is 4.79 Å². The van der Waals surface area contributed by atoms with Gasteiger partial charge in [-0.05, 0) is 18.6 Å². The van der Waals surface area contributed by atoms with Crippen molar-refractivity contribution >= 4 is 11.9 Å². The largest absolute Gasteiger partial charge is 0.507 e. The van der Waals surface area contributed by atoms with Crippen LogP contribution in [0.5, 0.6) is 5.75 Å². The lowest BCUT2D eigenvalue weighted by Crippen LogP contribution is -2.57. The molecule has 1 aliphatic heterocycles. The Hall–Kier alpha value is -2.08. The van der Waals surface area contributed by atoms with E-state index in [2.05, 4.69) is 5.32 Å². The maximum atomic E-state index is 12.4. The molecule has 102 valence electrons. The maximum absolute atomic E-state index is 12.4. The standard InChI is InChI=1S/C13H16N2O4/c1-8-3-2-4-9(11(8)16)12(17)15-6-5-14-7-10(15)13(18)19/h2-4,10,14,16H,5-7H2,1H3,(H,18,19). The van der Waals surface area contributed by atoms with Gasteiger partial charge in [-0.15, -0.1) is 0 Å². The monoisotopic (exact) mass is 264 g/mol. The first-order chi connectivity index (χ1) is 9.02. The Morgan fingerprint density at radius 1 is 1.42 bits per heavy atom. The molecular formula is C13H16N2O4. The summed E-state index contributed by atoms with van der Waals surface area (Å²) in [6.45, 7) is 2.76. The minimum atomic E-state index is -1.05. The third-order valence-corrected chi connectivity index (χ3v) is 3.26. The van der Waals surface area contributed by atoms with Crippen molar-refractivity contribution in [3.8, 4) is 5.75 Å². The number of nitrogens with one attached hydrogen (secondary N) is 1. The fourth-order valence-electron chi connectivity index (χ4n) is 2.15. The van der Waals surface area contributed by atoms with E-state index in [1.807, 2.05) is 0 Å². The summed E-state index contributed by atoms with van der Waals surface area (Å²) < 4.78 is 0. The van der Waals surface area contributed by atoms with Crippen LogP contribution in [-0.4, -0.2) is 52.7 Å². The van der Waals surface area contributed by atoms with E-state index in [9.17, 15) is 14.7 Å². The molecule has 6 nitrogen and oxygen atoms in total. The molecule has 1 heterocycles. The molecule has 1 saturated heterocycles. The molecule has 19 heavy (non-hydrogen) atoms. The van der Waals surface area contributed by atoms with E-state index in [0.717, 1.165) is 0 Å². The first kappa shape index (κ1) is 13.4. The SMILES string of the molecule is Cc1cccc(C(=O)N2CCNCC2C(=O)O)c1O. The van der Waals surface area contributed by atoms with Gasteiger partial charge in [-0.1, -0.05) is 12.1 Å². The zero-order valence-electron chi connectivity index (χ0n) is 10.6. The van der Waals surface area contributed by atoms with Gasteiger partial charge in [-0.3, -0.25) is 4.79 Å². The number of aryl methyl sites for hydroxylation is 1. The molecule has 0 aliphatic carbocycles. The Morgan fingerprint density at radius 3 is 2.84 bits per heavy atom. The number of rotatable bonds is 2. The third kappa shape index (κ3) is 2.53. The number of aliphatic carboxylic acids is 1. The quantitative estimate of drug-likeness (QED) is 0.710. The van der Waals surface area contributed by atoms with Gasteiger partial charge in [0.1, 0.15) is 11.8 Å². The molecule has 3 N–H and O–H groups in total. The number of nitrogens with zero attached hydrogens (tertiary/aromatic N) is 1. The molecule has 1 atom stereocenters. The van der Waals surface area contributed by atoms with Crippen molar-refractivity contribution in [2.75, 3.05) is 19.6 Å². The molecule has 1 aromatic carbocycles. The van der Waals surface area contributed by atoms with Crippen molar-refractivity contribution in [3.63, 3.8) is 0 Å². The van der Waals surface area contributed by atoms with Crippen LogP contribution in [0, 0.1) is 6.92 Å². The summed E-state index contributed by atoms with van der Waals surface area (Å²) in [5.74, 6) is -1.59. The molecule has 6 heteroatoms. The van der Waals surface area contributed by atoms with Gasteiger partial charge >= 0.3 is 5.97 Å². The van der Waals surface area contributed by atoms with Gasteiger partial charge in [0, 0.05) is 19.6 Å². The number of phenolic OH excluding ortho intramolecular Hbond substituents is 1. The maximum Gasteiger partial charge on any atom is 0.327 e. The molecule has 0 spiro atoms. The number of hydrogen-bond donors (Lipinski definition) is 3. The average Bonchev–Trinajstić information content (AvgIpc) is 2.41. The third-order valence-electron chi connectivity index (χ3n) is 3.26. The van der Waals surface area contributed by atoms with E-state index in [1.54, 1.807) is 19.1 Å². The number of para-hydroxylation sites is 1. The fourth-order valence-corrected chi connectivity index (χ4v) is 2.15. The predicted octanol–water partition coefficient (Wildman–Crippen LogP) is 0.199. The lowest BCUT2D eigenvalue weighted by Gasteiger charge is -2.33. The van der Waals surface area contributed by atoms with E-state index in [-0.39, 0.29) is 17.9 Å². The predicted molar refractivity (Wildman–Crippen MR) is 68.2 cm³/mol. The Bertz CT molecular complexity index is 515. The Balaban J connectivity index is 2.31. The molecule has 1 aliphatic rings. The Kier molecular flexibility index (Phi) is 3.71. The van der Waals surface area contributed by atoms with Gasteiger partial charge in [0.05, 0.1) is 5.56 Å². The van der Waals surface area contributed by atoms with Crippen LogP contribution in [0.4, 0.5) is 0 Å². The van der Waals surface area contributed by atoms with Gasteiger partial charge in [0.2, 0.25) is 0 Å². The second kappa shape index (κ2) is 5.27. The van der Waals surface area contributed by atoms with Gasteiger partial charge in [-0.2, -0.15) is 0 Å². The summed E-state index contributed by atoms with van der Waals surface area (Å²) in [6, 6.07) is 3.96. The molecule has 1 fully saturated rings. The van der Waals surface area contributed by atoms with Crippen molar-refractivity contribution in [2.45, 2.75) is 13.0 Å². The second-order valence-corrected chi connectivity index (χ2v) is 4.53. The van der Waals surface area contributed by atoms with E-state index >= 15 is 0 Å². The topological polar surface area (TPSA) is 89.9 Å². The van der Waals surface area contributed by atoms with Crippen LogP contribution in [0.25, 0.3) is 0 Å². The number of aromatic hydroxyl groups is 1. The molecule has 0 saturated carbocycles. The number of piperazine rings is 1. The summed E-state index contributed by atoms with van der Waals surface area (Å²) >= 11 is 0. The summed E-state index contributed by atoms with van der Waals surface area (Å²) in [5, 5.41) is 22.0. The average molecular weight is 264 g/mol. The van der Waals surface area contributed by atoms with E-state index < -0.39 is 17.9 Å². The normalized spacial score (nSPS) is 19.2. The Labute approximate surface area is 110 Å². The smallest absolute Gasteiger partial charge is 0.327 e. The van der Waals surface area contributed by atoms with Crippen LogP contribution < -0.4 is 5.32 Å². The molecule has 1 aromatic rings. The molecule has 0 aromatic heterocycles. The highest BCUT2D eigenvalue weighted by Crippen LogP contribution is 2.24. The molecule has 0 bridgehead atoms. The van der Waals surface area contributed by atoms with Crippen molar-refractivity contribution < 1.29 is 19.8 Å². The van der Waals surface area contributed by atoms with Gasteiger partial charge in [0.25, 0.3) is 5.91 Å². The van der Waals surface area contributed by atoms with Crippen LogP contribution in [0.15, 0.2) is 18.2 Å². The van der Waals surface area contributed by atoms with Crippen molar-refractivity contribution in [3.05, 3.63) is 29.3 Å². The van der Waals surface area contributed by atoms with Crippen molar-refractivity contribution in [1.29, 1.82) is 0 Å². The molecule has 1 unspecified atom stereocenters. The molecular weight excluding hydrogens is 248 g/mol. The summed E-state index contributed by atoms with van der Waals surface area (Å²) in [7, 11) is 0.